The normalized spacial score (nSPS) is 23.2. The van der Waals surface area contributed by atoms with Crippen LogP contribution in [0, 0.1) is 12.7 Å². The van der Waals surface area contributed by atoms with Crippen molar-refractivity contribution in [2.24, 2.45) is 0 Å². The number of aryl methyl sites for hydroxylation is 1. The molecule has 0 saturated carbocycles. The Morgan fingerprint density at radius 1 is 1.26 bits per heavy atom. The van der Waals surface area contributed by atoms with E-state index in [1.165, 1.54) is 12.1 Å². The molecule has 2 fully saturated rings. The van der Waals surface area contributed by atoms with Gasteiger partial charge >= 0.3 is 0 Å². The number of carbonyl (C=O) groups excluding carboxylic acids is 1. The molecule has 1 N–H and O–H groups in total. The second-order valence-electron chi connectivity index (χ2n) is 7.57. The van der Waals surface area contributed by atoms with E-state index in [4.69, 9.17) is 0 Å². The van der Waals surface area contributed by atoms with Gasteiger partial charge in [0.2, 0.25) is 5.91 Å². The molecule has 0 spiro atoms. The number of nitrogens with zero attached hydrogens (tertiary/aromatic N) is 2. The number of hydrogen-bond acceptors (Lipinski definition) is 4. The number of halogens is 1. The number of amides is 1. The molecule has 8 heteroatoms. The Kier molecular flexibility index (Phi) is 4.71. The lowest BCUT2D eigenvalue weighted by Crippen LogP contribution is -2.52. The molecule has 2 aliphatic heterocycles. The number of aromatic nitrogens is 1. The van der Waals surface area contributed by atoms with Gasteiger partial charge in [0.25, 0.3) is 0 Å². The van der Waals surface area contributed by atoms with Gasteiger partial charge in [0.15, 0.2) is 9.84 Å². The predicted octanol–water partition coefficient (Wildman–Crippen LogP) is 1.49. The summed E-state index contributed by atoms with van der Waals surface area (Å²) < 4.78 is 37.0. The summed E-state index contributed by atoms with van der Waals surface area (Å²) in [6.45, 7) is 4.51. The topological polar surface area (TPSA) is 73.5 Å². The Morgan fingerprint density at radius 3 is 2.67 bits per heavy atom. The van der Waals surface area contributed by atoms with Crippen LogP contribution in [0.25, 0.3) is 10.9 Å². The third-order valence-electron chi connectivity index (χ3n) is 5.80. The number of benzene rings is 1. The molecule has 1 amide bonds. The summed E-state index contributed by atoms with van der Waals surface area (Å²) in [5, 5.41) is 0.760. The fourth-order valence-electron chi connectivity index (χ4n) is 4.25. The monoisotopic (exact) mass is 393 g/mol. The van der Waals surface area contributed by atoms with Gasteiger partial charge in [-0.05, 0) is 37.1 Å². The van der Waals surface area contributed by atoms with Gasteiger partial charge in [-0.1, -0.05) is 0 Å². The van der Waals surface area contributed by atoms with Crippen LogP contribution in [0.2, 0.25) is 0 Å². The molecular formula is C19H24FN3O3S. The van der Waals surface area contributed by atoms with Gasteiger partial charge in [-0.15, -0.1) is 0 Å². The summed E-state index contributed by atoms with van der Waals surface area (Å²) >= 11 is 0. The van der Waals surface area contributed by atoms with Crippen molar-refractivity contribution < 1.29 is 17.6 Å². The molecule has 0 aliphatic carbocycles. The fourth-order valence-corrected chi connectivity index (χ4v) is 6.01. The molecule has 27 heavy (non-hydrogen) atoms. The van der Waals surface area contributed by atoms with Gasteiger partial charge in [-0.25, -0.2) is 12.8 Å². The highest BCUT2D eigenvalue weighted by atomic mass is 32.2. The second-order valence-corrected chi connectivity index (χ2v) is 9.80. The van der Waals surface area contributed by atoms with Gasteiger partial charge < -0.3 is 9.88 Å². The number of H-pyrrole nitrogens is 1. The van der Waals surface area contributed by atoms with Crippen molar-refractivity contribution in [3.63, 3.8) is 0 Å². The maximum absolute atomic E-state index is 13.6. The Hall–Kier alpha value is -1.93. The number of piperazine rings is 1. The Balaban J connectivity index is 1.40. The third kappa shape index (κ3) is 3.73. The highest BCUT2D eigenvalue weighted by Gasteiger charge is 2.34. The van der Waals surface area contributed by atoms with E-state index in [9.17, 15) is 17.6 Å². The van der Waals surface area contributed by atoms with Crippen LogP contribution in [0.15, 0.2) is 18.2 Å². The summed E-state index contributed by atoms with van der Waals surface area (Å²) in [7, 11) is -2.89. The minimum atomic E-state index is -2.89. The first-order chi connectivity index (χ1) is 12.8. The molecular weight excluding hydrogens is 369 g/mol. The van der Waals surface area contributed by atoms with Crippen molar-refractivity contribution in [2.45, 2.75) is 25.8 Å². The minimum Gasteiger partial charge on any atom is -0.358 e. The van der Waals surface area contributed by atoms with E-state index < -0.39 is 9.84 Å². The lowest BCUT2D eigenvalue weighted by molar-refractivity contribution is -0.132. The summed E-state index contributed by atoms with van der Waals surface area (Å²) in [5.41, 5.74) is 2.57. The van der Waals surface area contributed by atoms with Crippen LogP contribution >= 0.6 is 0 Å². The zero-order valence-electron chi connectivity index (χ0n) is 15.4. The summed E-state index contributed by atoms with van der Waals surface area (Å²) in [6.07, 6.45) is 0.934. The zero-order chi connectivity index (χ0) is 19.2. The van der Waals surface area contributed by atoms with Crippen molar-refractivity contribution in [2.75, 3.05) is 37.7 Å². The van der Waals surface area contributed by atoms with Gasteiger partial charge in [0.05, 0.1) is 17.9 Å². The number of aromatic amines is 1. The van der Waals surface area contributed by atoms with E-state index in [2.05, 4.69) is 9.88 Å². The maximum Gasteiger partial charge on any atom is 0.227 e. The average Bonchev–Trinajstić information content (AvgIpc) is 3.14. The lowest BCUT2D eigenvalue weighted by Gasteiger charge is -2.37. The van der Waals surface area contributed by atoms with Crippen molar-refractivity contribution in [1.82, 2.24) is 14.8 Å². The average molecular weight is 393 g/mol. The van der Waals surface area contributed by atoms with E-state index in [1.54, 1.807) is 6.07 Å². The summed E-state index contributed by atoms with van der Waals surface area (Å²) in [5.74, 6) is 0.228. The number of carbonyl (C=O) groups is 1. The van der Waals surface area contributed by atoms with Crippen LogP contribution in [0.5, 0.6) is 0 Å². The van der Waals surface area contributed by atoms with E-state index in [-0.39, 0.29) is 35.7 Å². The van der Waals surface area contributed by atoms with Gasteiger partial charge in [0.1, 0.15) is 5.82 Å². The standard InChI is InChI=1S/C19H24FN3O3S/c1-13-16(17-10-14(20)2-3-18(17)21-13)11-19(24)23-7-5-22(6-8-23)15-4-9-27(25,26)12-15/h2-3,10,15,21H,4-9,11-12H2,1H3. The Labute approximate surface area is 158 Å². The third-order valence-corrected chi connectivity index (χ3v) is 7.55. The van der Waals surface area contributed by atoms with Gasteiger partial charge in [0, 0.05) is 48.8 Å². The van der Waals surface area contributed by atoms with Crippen LogP contribution in [-0.2, 0) is 21.1 Å². The first-order valence-corrected chi connectivity index (χ1v) is 11.1. The van der Waals surface area contributed by atoms with Crippen LogP contribution < -0.4 is 0 Å². The van der Waals surface area contributed by atoms with Gasteiger partial charge in [-0.3, -0.25) is 9.69 Å². The van der Waals surface area contributed by atoms with Crippen LogP contribution in [-0.4, -0.2) is 72.8 Å². The molecule has 0 radical (unpaired) electrons. The van der Waals surface area contributed by atoms with E-state index in [0.717, 1.165) is 22.2 Å². The van der Waals surface area contributed by atoms with E-state index in [0.29, 0.717) is 32.6 Å². The highest BCUT2D eigenvalue weighted by Crippen LogP contribution is 2.25. The number of sulfone groups is 1. The predicted molar refractivity (Wildman–Crippen MR) is 102 cm³/mol. The van der Waals surface area contributed by atoms with Crippen LogP contribution in [0.1, 0.15) is 17.7 Å². The number of rotatable bonds is 3. The first kappa shape index (κ1) is 18.4. The fraction of sp³-hybridized carbons (Fsp3) is 0.526. The van der Waals surface area contributed by atoms with Crippen LogP contribution in [0.4, 0.5) is 4.39 Å². The number of nitrogens with one attached hydrogen (secondary N) is 1. The number of fused-ring (bicyclic) bond motifs is 1. The summed E-state index contributed by atoms with van der Waals surface area (Å²) in [4.78, 5) is 20.0. The Bertz CT molecular complexity index is 977. The molecule has 1 unspecified atom stereocenters. The lowest BCUT2D eigenvalue weighted by atomic mass is 10.1. The largest absolute Gasteiger partial charge is 0.358 e. The molecule has 2 saturated heterocycles. The zero-order valence-corrected chi connectivity index (χ0v) is 16.2. The van der Waals surface area contributed by atoms with Crippen molar-refractivity contribution >= 4 is 26.6 Å². The SMILES string of the molecule is Cc1[nH]c2ccc(F)cc2c1CC(=O)N1CCN(C2CCS(=O)(=O)C2)CC1. The van der Waals surface area contributed by atoms with E-state index >= 15 is 0 Å². The maximum atomic E-state index is 13.6. The first-order valence-electron chi connectivity index (χ1n) is 9.31. The quantitative estimate of drug-likeness (QED) is 0.858. The van der Waals surface area contributed by atoms with E-state index in [1.807, 2.05) is 11.8 Å². The number of hydrogen-bond donors (Lipinski definition) is 1. The minimum absolute atomic E-state index is 0.0296. The van der Waals surface area contributed by atoms with Gasteiger partial charge in [-0.2, -0.15) is 0 Å². The van der Waals surface area contributed by atoms with Crippen molar-refractivity contribution in [3.8, 4) is 0 Å². The van der Waals surface area contributed by atoms with Crippen molar-refractivity contribution in [1.29, 1.82) is 0 Å². The molecule has 6 nitrogen and oxygen atoms in total. The van der Waals surface area contributed by atoms with Crippen molar-refractivity contribution in [3.05, 3.63) is 35.3 Å². The molecule has 2 aliphatic rings. The molecule has 1 aromatic carbocycles. The second kappa shape index (κ2) is 6.91. The molecule has 1 atom stereocenters. The summed E-state index contributed by atoms with van der Waals surface area (Å²) in [6, 6.07) is 4.66. The molecule has 0 bridgehead atoms. The molecule has 3 heterocycles. The molecule has 146 valence electrons. The smallest absolute Gasteiger partial charge is 0.227 e. The molecule has 1 aromatic heterocycles. The van der Waals surface area contributed by atoms with Crippen LogP contribution in [0.3, 0.4) is 0 Å². The highest BCUT2D eigenvalue weighted by molar-refractivity contribution is 7.91. The molecule has 2 aromatic rings. The Morgan fingerprint density at radius 2 is 2.00 bits per heavy atom. The molecule has 4 rings (SSSR count).